The van der Waals surface area contributed by atoms with Gasteiger partial charge >= 0.3 is 0 Å². The number of benzene rings is 1. The summed E-state index contributed by atoms with van der Waals surface area (Å²) in [7, 11) is -3.52. The van der Waals surface area contributed by atoms with Crippen LogP contribution < -0.4 is 4.72 Å². The molecule has 21 heavy (non-hydrogen) atoms. The van der Waals surface area contributed by atoms with Gasteiger partial charge in [0.1, 0.15) is 5.15 Å². The van der Waals surface area contributed by atoms with Crippen molar-refractivity contribution in [1.82, 2.24) is 9.71 Å². The van der Waals surface area contributed by atoms with E-state index in [1.165, 1.54) is 6.20 Å². The Kier molecular flexibility index (Phi) is 5.22. The van der Waals surface area contributed by atoms with Gasteiger partial charge in [-0.25, -0.2) is 18.1 Å². The SMILES string of the molecule is Cc1ccc(S(=O)(=O)NCCc2cc(Cl)cnc2Cl)cc1. The number of nitrogens with one attached hydrogen (secondary N) is 1. The molecule has 0 aliphatic carbocycles. The highest BCUT2D eigenvalue weighted by Gasteiger charge is 2.13. The lowest BCUT2D eigenvalue weighted by molar-refractivity contribution is 0.581. The van der Waals surface area contributed by atoms with E-state index in [4.69, 9.17) is 23.2 Å². The molecule has 1 N–H and O–H groups in total. The molecular weight excluding hydrogens is 331 g/mol. The predicted octanol–water partition coefficient (Wildman–Crippen LogP) is 3.22. The third-order valence-corrected chi connectivity index (χ3v) is 4.92. The van der Waals surface area contributed by atoms with Crippen LogP contribution in [0.15, 0.2) is 41.4 Å². The summed E-state index contributed by atoms with van der Waals surface area (Å²) in [5.41, 5.74) is 1.71. The van der Waals surface area contributed by atoms with Gasteiger partial charge in [-0.15, -0.1) is 0 Å². The van der Waals surface area contributed by atoms with Gasteiger partial charge in [0.25, 0.3) is 0 Å². The van der Waals surface area contributed by atoms with Gasteiger partial charge in [-0.1, -0.05) is 40.9 Å². The summed E-state index contributed by atoms with van der Waals surface area (Å²) < 4.78 is 26.7. The zero-order valence-electron chi connectivity index (χ0n) is 11.3. The second-order valence-electron chi connectivity index (χ2n) is 4.56. The van der Waals surface area contributed by atoms with Crippen molar-refractivity contribution in [3.63, 3.8) is 0 Å². The second kappa shape index (κ2) is 6.75. The minimum Gasteiger partial charge on any atom is -0.243 e. The zero-order chi connectivity index (χ0) is 15.5. The van der Waals surface area contributed by atoms with E-state index in [9.17, 15) is 8.42 Å². The quantitative estimate of drug-likeness (QED) is 0.847. The van der Waals surface area contributed by atoms with E-state index in [-0.39, 0.29) is 11.4 Å². The van der Waals surface area contributed by atoms with Gasteiger partial charge in [-0.3, -0.25) is 0 Å². The second-order valence-corrected chi connectivity index (χ2v) is 7.13. The maximum Gasteiger partial charge on any atom is 0.240 e. The third kappa shape index (κ3) is 4.41. The molecule has 1 aromatic heterocycles. The normalized spacial score (nSPS) is 11.6. The highest BCUT2D eigenvalue weighted by molar-refractivity contribution is 7.89. The zero-order valence-corrected chi connectivity index (χ0v) is 13.6. The van der Waals surface area contributed by atoms with Crippen molar-refractivity contribution in [2.45, 2.75) is 18.2 Å². The van der Waals surface area contributed by atoms with E-state index in [1.54, 1.807) is 30.3 Å². The fourth-order valence-corrected chi connectivity index (χ4v) is 3.17. The number of hydrogen-bond donors (Lipinski definition) is 1. The van der Waals surface area contributed by atoms with E-state index in [2.05, 4.69) is 9.71 Å². The molecule has 0 amide bonds. The lowest BCUT2D eigenvalue weighted by Crippen LogP contribution is -2.26. The van der Waals surface area contributed by atoms with Crippen LogP contribution in [0.3, 0.4) is 0 Å². The van der Waals surface area contributed by atoms with Crippen LogP contribution in [0.1, 0.15) is 11.1 Å². The van der Waals surface area contributed by atoms with Crippen LogP contribution in [0.2, 0.25) is 10.2 Å². The molecule has 4 nitrogen and oxygen atoms in total. The fourth-order valence-electron chi connectivity index (χ4n) is 1.76. The summed E-state index contributed by atoms with van der Waals surface area (Å²) in [5.74, 6) is 0. The van der Waals surface area contributed by atoms with E-state index < -0.39 is 10.0 Å². The van der Waals surface area contributed by atoms with Gasteiger partial charge in [0.2, 0.25) is 10.0 Å². The van der Waals surface area contributed by atoms with Crippen LogP contribution in [-0.2, 0) is 16.4 Å². The van der Waals surface area contributed by atoms with Crippen molar-refractivity contribution in [3.05, 3.63) is 57.8 Å². The first-order valence-electron chi connectivity index (χ1n) is 6.25. The summed E-state index contributed by atoms with van der Waals surface area (Å²) in [6, 6.07) is 8.34. The number of hydrogen-bond acceptors (Lipinski definition) is 3. The van der Waals surface area contributed by atoms with Gasteiger partial charge in [0.15, 0.2) is 0 Å². The summed E-state index contributed by atoms with van der Waals surface area (Å²) in [5, 5.41) is 0.796. The highest BCUT2D eigenvalue weighted by Crippen LogP contribution is 2.18. The van der Waals surface area contributed by atoms with Gasteiger partial charge in [0.05, 0.1) is 9.92 Å². The smallest absolute Gasteiger partial charge is 0.240 e. The van der Waals surface area contributed by atoms with Crippen LogP contribution >= 0.6 is 23.2 Å². The molecule has 0 bridgehead atoms. The van der Waals surface area contributed by atoms with Crippen LogP contribution in [0, 0.1) is 6.92 Å². The average molecular weight is 345 g/mol. The van der Waals surface area contributed by atoms with Gasteiger partial charge in [-0.2, -0.15) is 0 Å². The van der Waals surface area contributed by atoms with Gasteiger partial charge in [0, 0.05) is 12.7 Å². The first-order valence-corrected chi connectivity index (χ1v) is 8.48. The maximum absolute atomic E-state index is 12.1. The van der Waals surface area contributed by atoms with E-state index in [1.807, 2.05) is 6.92 Å². The summed E-state index contributed by atoms with van der Waals surface area (Å²) in [6.45, 7) is 2.12. The van der Waals surface area contributed by atoms with Crippen molar-refractivity contribution < 1.29 is 8.42 Å². The van der Waals surface area contributed by atoms with Gasteiger partial charge < -0.3 is 0 Å². The minimum absolute atomic E-state index is 0.220. The largest absolute Gasteiger partial charge is 0.243 e. The Morgan fingerprint density at radius 3 is 2.52 bits per heavy atom. The van der Waals surface area contributed by atoms with Crippen LogP contribution in [0.25, 0.3) is 0 Å². The lowest BCUT2D eigenvalue weighted by Gasteiger charge is -2.08. The molecule has 2 rings (SSSR count). The molecule has 0 aliphatic rings. The molecule has 0 saturated carbocycles. The molecule has 2 aromatic rings. The molecular formula is C14H14Cl2N2O2S. The fraction of sp³-hybridized carbons (Fsp3) is 0.214. The number of halogens is 2. The molecule has 0 aliphatic heterocycles. The lowest BCUT2D eigenvalue weighted by atomic mass is 10.2. The molecule has 1 aromatic carbocycles. The van der Waals surface area contributed by atoms with Crippen molar-refractivity contribution in [3.8, 4) is 0 Å². The summed E-state index contributed by atoms with van der Waals surface area (Å²) in [6.07, 6.45) is 1.86. The number of aromatic nitrogens is 1. The van der Waals surface area contributed by atoms with Crippen LogP contribution in [0.5, 0.6) is 0 Å². The van der Waals surface area contributed by atoms with Crippen molar-refractivity contribution in [2.24, 2.45) is 0 Å². The number of pyridine rings is 1. The molecule has 0 spiro atoms. The number of sulfonamides is 1. The van der Waals surface area contributed by atoms with Crippen molar-refractivity contribution in [1.29, 1.82) is 0 Å². The number of rotatable bonds is 5. The molecule has 0 unspecified atom stereocenters. The Labute approximate surface area is 134 Å². The standard InChI is InChI=1S/C14H14Cl2N2O2S/c1-10-2-4-13(5-3-10)21(19,20)18-7-6-11-8-12(15)9-17-14(11)16/h2-5,8-9,18H,6-7H2,1H3. The molecule has 0 fully saturated rings. The van der Waals surface area contributed by atoms with Gasteiger partial charge in [-0.05, 0) is 37.1 Å². The van der Waals surface area contributed by atoms with E-state index in [0.717, 1.165) is 5.56 Å². The maximum atomic E-state index is 12.1. The summed E-state index contributed by atoms with van der Waals surface area (Å²) >= 11 is 11.8. The summed E-state index contributed by atoms with van der Waals surface area (Å²) in [4.78, 5) is 4.16. The Morgan fingerprint density at radius 1 is 1.19 bits per heavy atom. The van der Waals surface area contributed by atoms with E-state index in [0.29, 0.717) is 22.2 Å². The van der Waals surface area contributed by atoms with Crippen LogP contribution in [-0.4, -0.2) is 19.9 Å². The van der Waals surface area contributed by atoms with E-state index >= 15 is 0 Å². The third-order valence-electron chi connectivity index (χ3n) is 2.90. The first-order chi connectivity index (χ1) is 9.88. The Hall–Kier alpha value is -1.14. The topological polar surface area (TPSA) is 59.1 Å². The highest BCUT2D eigenvalue weighted by atomic mass is 35.5. The monoisotopic (exact) mass is 344 g/mol. The van der Waals surface area contributed by atoms with Crippen molar-refractivity contribution >= 4 is 33.2 Å². The molecule has 7 heteroatoms. The Balaban J connectivity index is 2.02. The van der Waals surface area contributed by atoms with Crippen molar-refractivity contribution in [2.75, 3.05) is 6.54 Å². The number of nitrogens with zero attached hydrogens (tertiary/aromatic N) is 1. The predicted molar refractivity (Wildman–Crippen MR) is 84.3 cm³/mol. The molecule has 0 atom stereocenters. The molecule has 0 radical (unpaired) electrons. The first kappa shape index (κ1) is 16.2. The Bertz CT molecular complexity index is 731. The number of aryl methyl sites for hydroxylation is 1. The minimum atomic E-state index is -3.52. The average Bonchev–Trinajstić information content (AvgIpc) is 2.43. The molecule has 112 valence electrons. The van der Waals surface area contributed by atoms with Crippen LogP contribution in [0.4, 0.5) is 0 Å². The Morgan fingerprint density at radius 2 is 1.86 bits per heavy atom. The molecule has 1 heterocycles. The molecule has 0 saturated heterocycles.